The van der Waals surface area contributed by atoms with Crippen molar-refractivity contribution in [3.05, 3.63) is 199 Å². The molecule has 1 aliphatic rings. The van der Waals surface area contributed by atoms with Crippen molar-refractivity contribution in [1.29, 1.82) is 0 Å². The summed E-state index contributed by atoms with van der Waals surface area (Å²) in [6.45, 7) is 4.70. The number of benzene rings is 8. The predicted octanol–water partition coefficient (Wildman–Crippen LogP) is 14.4. The van der Waals surface area contributed by atoms with E-state index in [1.165, 1.54) is 44.1 Å². The zero-order valence-electron chi connectivity index (χ0n) is 32.6. The third-order valence-electron chi connectivity index (χ3n) is 12.4. The first-order valence-electron chi connectivity index (χ1n) is 20.2. The molecule has 4 nitrogen and oxygen atoms in total. The lowest BCUT2D eigenvalue weighted by Gasteiger charge is -2.21. The molecule has 0 unspecified atom stereocenters. The molecule has 0 amide bonds. The quantitative estimate of drug-likeness (QED) is 0.176. The Balaban J connectivity index is 0.996. The standard InChI is InChI=1S/C55H37N3O/c1-55(2)46-25-11-9-21-40(46)43-31-44-41-22-10-12-26-50(41)58(51(44)32-47(43)55)38-27-28-52-45(30-38)42-24-14-23-39(53(42)59-52)36-19-13-20-37(29-36)54-56-48(34-15-5-3-6-16-34)33-49(57-54)35-17-7-4-8-18-35/h3-33H,1-2H3. The summed E-state index contributed by atoms with van der Waals surface area (Å²) in [5, 5.41) is 4.68. The Bertz CT molecular complexity index is 3410. The second kappa shape index (κ2) is 12.7. The molecule has 1 aliphatic carbocycles. The fraction of sp³-hybridized carbons (Fsp3) is 0.0545. The van der Waals surface area contributed by atoms with Gasteiger partial charge in [-0.05, 0) is 76.3 Å². The monoisotopic (exact) mass is 755 g/mol. The van der Waals surface area contributed by atoms with Crippen LogP contribution in [0.2, 0.25) is 0 Å². The van der Waals surface area contributed by atoms with E-state index in [4.69, 9.17) is 14.4 Å². The number of aromatic nitrogens is 3. The van der Waals surface area contributed by atoms with Crippen molar-refractivity contribution in [3.63, 3.8) is 0 Å². The molecule has 278 valence electrons. The van der Waals surface area contributed by atoms with Crippen LogP contribution in [-0.2, 0) is 5.41 Å². The van der Waals surface area contributed by atoms with Gasteiger partial charge in [0.2, 0.25) is 0 Å². The Morgan fingerprint density at radius 2 is 1.07 bits per heavy atom. The Kier molecular flexibility index (Phi) is 7.24. The van der Waals surface area contributed by atoms with Gasteiger partial charge < -0.3 is 8.98 Å². The molecule has 0 radical (unpaired) electrons. The summed E-state index contributed by atoms with van der Waals surface area (Å²) in [4.78, 5) is 10.2. The highest BCUT2D eigenvalue weighted by molar-refractivity contribution is 6.13. The minimum Gasteiger partial charge on any atom is -0.455 e. The maximum absolute atomic E-state index is 6.77. The summed E-state index contributed by atoms with van der Waals surface area (Å²) in [5.74, 6) is 0.678. The normalized spacial score (nSPS) is 13.1. The smallest absolute Gasteiger partial charge is 0.160 e. The van der Waals surface area contributed by atoms with Gasteiger partial charge in [0.25, 0.3) is 0 Å². The minimum absolute atomic E-state index is 0.0964. The van der Waals surface area contributed by atoms with Crippen molar-refractivity contribution >= 4 is 43.7 Å². The van der Waals surface area contributed by atoms with Crippen molar-refractivity contribution in [2.75, 3.05) is 0 Å². The predicted molar refractivity (Wildman–Crippen MR) is 243 cm³/mol. The van der Waals surface area contributed by atoms with Crippen LogP contribution in [0.4, 0.5) is 0 Å². The first kappa shape index (κ1) is 33.6. The van der Waals surface area contributed by atoms with Crippen molar-refractivity contribution in [3.8, 4) is 61.8 Å². The fourth-order valence-corrected chi connectivity index (χ4v) is 9.51. The van der Waals surface area contributed by atoms with Crippen LogP contribution in [0.5, 0.6) is 0 Å². The fourth-order valence-electron chi connectivity index (χ4n) is 9.51. The van der Waals surface area contributed by atoms with Crippen molar-refractivity contribution in [1.82, 2.24) is 14.5 Å². The average molecular weight is 756 g/mol. The Morgan fingerprint density at radius 1 is 0.424 bits per heavy atom. The largest absolute Gasteiger partial charge is 0.455 e. The second-order valence-corrected chi connectivity index (χ2v) is 16.2. The van der Waals surface area contributed by atoms with Gasteiger partial charge in [-0.15, -0.1) is 0 Å². The van der Waals surface area contributed by atoms with Gasteiger partial charge in [0, 0.05) is 54.9 Å². The minimum atomic E-state index is -0.0964. The summed E-state index contributed by atoms with van der Waals surface area (Å²) in [5.41, 5.74) is 17.4. The Morgan fingerprint density at radius 3 is 1.86 bits per heavy atom. The van der Waals surface area contributed by atoms with Crippen LogP contribution >= 0.6 is 0 Å². The van der Waals surface area contributed by atoms with Gasteiger partial charge in [-0.3, -0.25) is 0 Å². The summed E-state index contributed by atoms with van der Waals surface area (Å²) >= 11 is 0. The zero-order chi connectivity index (χ0) is 39.2. The lowest BCUT2D eigenvalue weighted by atomic mass is 9.82. The van der Waals surface area contributed by atoms with Gasteiger partial charge in [0.1, 0.15) is 11.2 Å². The highest BCUT2D eigenvalue weighted by Gasteiger charge is 2.36. The average Bonchev–Trinajstić information content (AvgIpc) is 3.91. The maximum atomic E-state index is 6.77. The number of fused-ring (bicyclic) bond motifs is 9. The summed E-state index contributed by atoms with van der Waals surface area (Å²) < 4.78 is 9.20. The zero-order valence-corrected chi connectivity index (χ0v) is 32.6. The topological polar surface area (TPSA) is 43.9 Å². The molecule has 3 heterocycles. The number of hydrogen-bond acceptors (Lipinski definition) is 3. The molecule has 0 aliphatic heterocycles. The van der Waals surface area contributed by atoms with E-state index in [0.717, 1.165) is 66.8 Å². The van der Waals surface area contributed by atoms with E-state index in [2.05, 4.69) is 170 Å². The van der Waals surface area contributed by atoms with Crippen LogP contribution in [-0.4, -0.2) is 14.5 Å². The molecule has 12 rings (SSSR count). The number of hydrogen-bond donors (Lipinski definition) is 0. The lowest BCUT2D eigenvalue weighted by molar-refractivity contribution is 0.661. The van der Waals surface area contributed by atoms with Crippen molar-refractivity contribution in [2.45, 2.75) is 19.3 Å². The molecular weight excluding hydrogens is 719 g/mol. The lowest BCUT2D eigenvalue weighted by Crippen LogP contribution is -2.14. The van der Waals surface area contributed by atoms with Gasteiger partial charge >= 0.3 is 0 Å². The summed E-state index contributed by atoms with van der Waals surface area (Å²) in [6, 6.07) is 66.8. The third kappa shape index (κ3) is 5.16. The van der Waals surface area contributed by atoms with Gasteiger partial charge in [0.15, 0.2) is 5.82 Å². The first-order valence-corrected chi connectivity index (χ1v) is 20.2. The number of furan rings is 1. The summed E-state index contributed by atoms with van der Waals surface area (Å²) in [7, 11) is 0. The van der Waals surface area contributed by atoms with Crippen LogP contribution < -0.4 is 0 Å². The van der Waals surface area contributed by atoms with E-state index in [0.29, 0.717) is 5.82 Å². The van der Waals surface area contributed by atoms with E-state index in [1.807, 2.05) is 36.4 Å². The second-order valence-electron chi connectivity index (χ2n) is 16.2. The van der Waals surface area contributed by atoms with Crippen molar-refractivity contribution in [2.24, 2.45) is 0 Å². The van der Waals surface area contributed by atoms with Crippen LogP contribution in [0, 0.1) is 0 Å². The Labute approximate surface area is 341 Å². The van der Waals surface area contributed by atoms with E-state index in [1.54, 1.807) is 0 Å². The molecule has 0 fully saturated rings. The van der Waals surface area contributed by atoms with E-state index in [-0.39, 0.29) is 5.41 Å². The van der Waals surface area contributed by atoms with E-state index >= 15 is 0 Å². The molecule has 59 heavy (non-hydrogen) atoms. The van der Waals surface area contributed by atoms with Crippen LogP contribution in [0.1, 0.15) is 25.0 Å². The first-order chi connectivity index (χ1) is 29.0. The maximum Gasteiger partial charge on any atom is 0.160 e. The number of para-hydroxylation sites is 2. The van der Waals surface area contributed by atoms with E-state index < -0.39 is 0 Å². The highest BCUT2D eigenvalue weighted by Crippen LogP contribution is 2.51. The number of rotatable bonds is 5. The van der Waals surface area contributed by atoms with Gasteiger partial charge in [-0.1, -0.05) is 153 Å². The molecule has 8 aromatic carbocycles. The molecule has 0 atom stereocenters. The molecule has 0 bridgehead atoms. The number of nitrogens with zero attached hydrogens (tertiary/aromatic N) is 3. The molecular formula is C55H37N3O. The SMILES string of the molecule is CC1(C)c2ccccc2-c2cc3c4ccccc4n(-c4ccc5oc6c(-c7cccc(-c8nc(-c9ccccc9)cc(-c9ccccc9)n8)c7)cccc6c5c4)c3cc21. The third-order valence-corrected chi connectivity index (χ3v) is 12.4. The molecule has 3 aromatic heterocycles. The molecule has 4 heteroatoms. The van der Waals surface area contributed by atoms with Crippen LogP contribution in [0.3, 0.4) is 0 Å². The molecule has 0 saturated carbocycles. The molecule has 0 spiro atoms. The highest BCUT2D eigenvalue weighted by atomic mass is 16.3. The molecule has 0 saturated heterocycles. The van der Waals surface area contributed by atoms with Crippen LogP contribution in [0.25, 0.3) is 106 Å². The van der Waals surface area contributed by atoms with Gasteiger partial charge in [-0.2, -0.15) is 0 Å². The molecule has 11 aromatic rings. The van der Waals surface area contributed by atoms with E-state index in [9.17, 15) is 0 Å². The van der Waals surface area contributed by atoms with Gasteiger partial charge in [0.05, 0.1) is 22.4 Å². The van der Waals surface area contributed by atoms with Gasteiger partial charge in [-0.25, -0.2) is 9.97 Å². The van der Waals surface area contributed by atoms with Crippen molar-refractivity contribution < 1.29 is 4.42 Å². The van der Waals surface area contributed by atoms with Crippen LogP contribution in [0.15, 0.2) is 192 Å². The Hall–Kier alpha value is -7.56. The summed E-state index contributed by atoms with van der Waals surface area (Å²) in [6.07, 6.45) is 0. The molecule has 0 N–H and O–H groups in total.